The molecule has 0 spiro atoms. The topological polar surface area (TPSA) is 107 Å². The SMILES string of the molecule is Cc1cc(NC(=O)CN=[N+]=[N-])n[nH]1. The van der Waals surface area contributed by atoms with Crippen molar-refractivity contribution >= 4 is 11.7 Å². The second kappa shape index (κ2) is 4.13. The van der Waals surface area contributed by atoms with Crippen molar-refractivity contribution in [1.29, 1.82) is 0 Å². The van der Waals surface area contributed by atoms with Crippen molar-refractivity contribution in [1.82, 2.24) is 10.2 Å². The molecule has 1 rings (SSSR count). The van der Waals surface area contributed by atoms with Gasteiger partial charge in [0.15, 0.2) is 5.82 Å². The zero-order valence-electron chi connectivity index (χ0n) is 6.98. The zero-order chi connectivity index (χ0) is 9.68. The van der Waals surface area contributed by atoms with Crippen LogP contribution in [-0.2, 0) is 4.79 Å². The molecule has 0 aromatic carbocycles. The van der Waals surface area contributed by atoms with Crippen LogP contribution in [0.2, 0.25) is 0 Å². The lowest BCUT2D eigenvalue weighted by Crippen LogP contribution is -2.14. The first-order valence-corrected chi connectivity index (χ1v) is 3.55. The van der Waals surface area contributed by atoms with Crippen molar-refractivity contribution in [2.24, 2.45) is 5.11 Å². The Morgan fingerprint density at radius 3 is 3.23 bits per heavy atom. The number of aryl methyl sites for hydroxylation is 1. The molecule has 0 aliphatic rings. The van der Waals surface area contributed by atoms with E-state index < -0.39 is 0 Å². The number of hydrogen-bond donors (Lipinski definition) is 2. The molecule has 0 unspecified atom stereocenters. The maximum Gasteiger partial charge on any atom is 0.231 e. The van der Waals surface area contributed by atoms with Crippen LogP contribution in [0.25, 0.3) is 10.4 Å². The molecule has 1 amide bonds. The van der Waals surface area contributed by atoms with Crippen LogP contribution >= 0.6 is 0 Å². The molecule has 0 saturated carbocycles. The van der Waals surface area contributed by atoms with E-state index in [-0.39, 0.29) is 12.5 Å². The van der Waals surface area contributed by atoms with Crippen LogP contribution in [-0.4, -0.2) is 22.6 Å². The third-order valence-corrected chi connectivity index (χ3v) is 1.25. The van der Waals surface area contributed by atoms with Crippen molar-refractivity contribution < 1.29 is 4.79 Å². The molecule has 0 aliphatic carbocycles. The fourth-order valence-corrected chi connectivity index (χ4v) is 0.760. The molecule has 7 nitrogen and oxygen atoms in total. The van der Waals surface area contributed by atoms with Crippen LogP contribution in [0.1, 0.15) is 5.69 Å². The van der Waals surface area contributed by atoms with Gasteiger partial charge in [-0.05, 0) is 12.5 Å². The van der Waals surface area contributed by atoms with Crippen LogP contribution in [0.5, 0.6) is 0 Å². The molecule has 0 bridgehead atoms. The third-order valence-electron chi connectivity index (χ3n) is 1.25. The maximum atomic E-state index is 11.0. The summed E-state index contributed by atoms with van der Waals surface area (Å²) in [4.78, 5) is 13.4. The average Bonchev–Trinajstić information content (AvgIpc) is 2.48. The lowest BCUT2D eigenvalue weighted by Gasteiger charge is -1.95. The van der Waals surface area contributed by atoms with Crippen molar-refractivity contribution in [2.45, 2.75) is 6.92 Å². The first kappa shape index (κ1) is 9.08. The van der Waals surface area contributed by atoms with Crippen molar-refractivity contribution in [3.05, 3.63) is 22.2 Å². The standard InChI is InChI=1S/C6H8N6O/c1-4-2-5(11-10-4)9-6(13)3-8-12-7/h2H,3H2,1H3,(H2,9,10,11,13). The molecular formula is C6H8N6O. The highest BCUT2D eigenvalue weighted by Gasteiger charge is 2.02. The Morgan fingerprint density at radius 1 is 1.92 bits per heavy atom. The molecule has 13 heavy (non-hydrogen) atoms. The van der Waals surface area contributed by atoms with Gasteiger partial charge < -0.3 is 5.32 Å². The van der Waals surface area contributed by atoms with Gasteiger partial charge in [0.05, 0.1) is 0 Å². The normalized spacial score (nSPS) is 9.00. The van der Waals surface area contributed by atoms with E-state index in [0.717, 1.165) is 5.69 Å². The van der Waals surface area contributed by atoms with Crippen LogP contribution < -0.4 is 5.32 Å². The highest BCUT2D eigenvalue weighted by molar-refractivity contribution is 5.91. The summed E-state index contributed by atoms with van der Waals surface area (Å²) in [6, 6.07) is 1.67. The third kappa shape index (κ3) is 2.84. The summed E-state index contributed by atoms with van der Waals surface area (Å²) in [5.74, 6) is 0.0416. The number of rotatable bonds is 3. The van der Waals surface area contributed by atoms with Gasteiger partial charge in [0.25, 0.3) is 0 Å². The molecule has 0 aliphatic heterocycles. The Morgan fingerprint density at radius 2 is 2.69 bits per heavy atom. The number of aromatic amines is 1. The highest BCUT2D eigenvalue weighted by atomic mass is 16.2. The second-order valence-electron chi connectivity index (χ2n) is 2.37. The van der Waals surface area contributed by atoms with Gasteiger partial charge in [-0.2, -0.15) is 5.10 Å². The van der Waals surface area contributed by atoms with E-state index in [1.54, 1.807) is 6.07 Å². The van der Waals surface area contributed by atoms with E-state index in [0.29, 0.717) is 5.82 Å². The van der Waals surface area contributed by atoms with Gasteiger partial charge in [-0.3, -0.25) is 9.89 Å². The predicted octanol–water partition coefficient (Wildman–Crippen LogP) is 0.967. The molecule has 2 N–H and O–H groups in total. The number of nitrogens with zero attached hydrogens (tertiary/aromatic N) is 4. The summed E-state index contributed by atoms with van der Waals surface area (Å²) in [6.07, 6.45) is 0. The molecule has 0 saturated heterocycles. The number of nitrogens with one attached hydrogen (secondary N) is 2. The number of H-pyrrole nitrogens is 1. The predicted molar refractivity (Wildman–Crippen MR) is 46.0 cm³/mol. The minimum Gasteiger partial charge on any atom is -0.309 e. The number of hydrogen-bond acceptors (Lipinski definition) is 3. The maximum absolute atomic E-state index is 11.0. The number of carbonyl (C=O) groups excluding carboxylic acids is 1. The quantitative estimate of drug-likeness (QED) is 0.410. The van der Waals surface area contributed by atoms with E-state index in [1.807, 2.05) is 6.92 Å². The van der Waals surface area contributed by atoms with E-state index in [2.05, 4.69) is 25.5 Å². The molecule has 0 atom stereocenters. The monoisotopic (exact) mass is 180 g/mol. The number of anilines is 1. The molecule has 1 heterocycles. The van der Waals surface area contributed by atoms with Crippen LogP contribution in [0, 0.1) is 6.92 Å². The summed E-state index contributed by atoms with van der Waals surface area (Å²) < 4.78 is 0. The van der Waals surface area contributed by atoms with E-state index in [1.165, 1.54) is 0 Å². The van der Waals surface area contributed by atoms with Gasteiger partial charge in [-0.25, -0.2) is 0 Å². The number of aromatic nitrogens is 2. The second-order valence-corrected chi connectivity index (χ2v) is 2.37. The fourth-order valence-electron chi connectivity index (χ4n) is 0.760. The molecule has 1 aromatic rings. The van der Waals surface area contributed by atoms with Crippen molar-refractivity contribution in [3.8, 4) is 0 Å². The van der Waals surface area contributed by atoms with Crippen molar-refractivity contribution in [2.75, 3.05) is 11.9 Å². The number of amides is 1. The molecule has 68 valence electrons. The molecule has 0 fully saturated rings. The smallest absolute Gasteiger partial charge is 0.231 e. The van der Waals surface area contributed by atoms with Gasteiger partial charge in [0.1, 0.15) is 6.54 Å². The Hall–Kier alpha value is -2.01. The van der Waals surface area contributed by atoms with Crippen LogP contribution in [0.15, 0.2) is 11.2 Å². The lowest BCUT2D eigenvalue weighted by atomic mass is 10.4. The first-order chi connectivity index (χ1) is 6.22. The minimum absolute atomic E-state index is 0.220. The van der Waals surface area contributed by atoms with E-state index in [9.17, 15) is 4.79 Å². The molecular weight excluding hydrogens is 172 g/mol. The Kier molecular flexibility index (Phi) is 2.88. The van der Waals surface area contributed by atoms with Gasteiger partial charge in [-0.15, -0.1) is 0 Å². The van der Waals surface area contributed by atoms with E-state index >= 15 is 0 Å². The summed E-state index contributed by atoms with van der Waals surface area (Å²) in [5.41, 5.74) is 8.79. The van der Waals surface area contributed by atoms with Gasteiger partial charge in [0.2, 0.25) is 5.91 Å². The average molecular weight is 180 g/mol. The number of azide groups is 1. The Labute approximate surface area is 73.8 Å². The summed E-state index contributed by atoms with van der Waals surface area (Å²) in [7, 11) is 0. The van der Waals surface area contributed by atoms with Gasteiger partial charge in [-0.1, -0.05) is 5.11 Å². The van der Waals surface area contributed by atoms with Gasteiger partial charge in [0, 0.05) is 16.7 Å². The van der Waals surface area contributed by atoms with Crippen LogP contribution in [0.4, 0.5) is 5.82 Å². The molecule has 1 aromatic heterocycles. The lowest BCUT2D eigenvalue weighted by molar-refractivity contribution is -0.114. The largest absolute Gasteiger partial charge is 0.309 e. The van der Waals surface area contributed by atoms with Gasteiger partial charge >= 0.3 is 0 Å². The van der Waals surface area contributed by atoms with E-state index in [4.69, 9.17) is 5.53 Å². The summed E-state index contributed by atoms with van der Waals surface area (Å²) >= 11 is 0. The molecule has 7 heteroatoms. The highest BCUT2D eigenvalue weighted by Crippen LogP contribution is 2.02. The van der Waals surface area contributed by atoms with Crippen molar-refractivity contribution in [3.63, 3.8) is 0 Å². The minimum atomic E-state index is -0.385. The Balaban J connectivity index is 2.49. The fraction of sp³-hybridized carbons (Fsp3) is 0.333. The Bertz CT molecular complexity index is 350. The first-order valence-electron chi connectivity index (χ1n) is 3.55. The number of carbonyl (C=O) groups is 1. The zero-order valence-corrected chi connectivity index (χ0v) is 6.98. The summed E-state index contributed by atoms with van der Waals surface area (Å²) in [6.45, 7) is 1.60. The summed E-state index contributed by atoms with van der Waals surface area (Å²) in [5, 5.41) is 12.0. The molecule has 0 radical (unpaired) electrons. The van der Waals surface area contributed by atoms with Crippen LogP contribution in [0.3, 0.4) is 0 Å².